The molecule has 3 nitrogen and oxygen atoms in total. The lowest BCUT2D eigenvalue weighted by Crippen LogP contribution is -2.05. The predicted octanol–water partition coefficient (Wildman–Crippen LogP) is 3.61. The van der Waals surface area contributed by atoms with Crippen LogP contribution in [0, 0.1) is 11.3 Å². The number of esters is 1. The highest BCUT2D eigenvalue weighted by molar-refractivity contribution is 8.00. The van der Waals surface area contributed by atoms with E-state index < -0.39 is 28.1 Å². The van der Waals surface area contributed by atoms with E-state index in [0.29, 0.717) is 0 Å². The molecule has 1 aromatic carbocycles. The third-order valence-electron chi connectivity index (χ3n) is 1.81. The summed E-state index contributed by atoms with van der Waals surface area (Å²) in [6, 6.07) is 3.64. The van der Waals surface area contributed by atoms with Crippen molar-refractivity contribution in [3.8, 4) is 6.07 Å². The summed E-state index contributed by atoms with van der Waals surface area (Å²) < 4.78 is 41.2. The molecule has 0 fully saturated rings. The topological polar surface area (TPSA) is 50.1 Å². The van der Waals surface area contributed by atoms with Gasteiger partial charge in [-0.05, 0) is 23.9 Å². The quantitative estimate of drug-likeness (QED) is 0.618. The largest absolute Gasteiger partial charge is 0.465 e. The number of thioether (sulfide) groups is 1. The molecule has 18 heavy (non-hydrogen) atoms. The summed E-state index contributed by atoms with van der Waals surface area (Å²) >= 11 is 5.15. The van der Waals surface area contributed by atoms with Crippen LogP contribution in [0.5, 0.6) is 0 Å². The van der Waals surface area contributed by atoms with Gasteiger partial charge in [0, 0.05) is 4.90 Å². The Kier molecular flexibility index (Phi) is 4.48. The lowest BCUT2D eigenvalue weighted by atomic mass is 10.1. The maximum atomic E-state index is 12.3. The van der Waals surface area contributed by atoms with E-state index in [1.54, 1.807) is 6.07 Å². The lowest BCUT2D eigenvalue weighted by Gasteiger charge is -2.10. The molecule has 0 spiro atoms. The molecule has 0 heterocycles. The maximum Gasteiger partial charge on any atom is 0.446 e. The third-order valence-corrected chi connectivity index (χ3v) is 3.10. The highest BCUT2D eigenvalue weighted by Crippen LogP contribution is 2.41. The van der Waals surface area contributed by atoms with Crippen LogP contribution in [0.25, 0.3) is 0 Å². The van der Waals surface area contributed by atoms with Crippen LogP contribution in [0.2, 0.25) is 5.02 Å². The summed E-state index contributed by atoms with van der Waals surface area (Å²) in [6.07, 6.45) is 0. The van der Waals surface area contributed by atoms with E-state index in [4.69, 9.17) is 16.9 Å². The van der Waals surface area contributed by atoms with Crippen LogP contribution in [0.1, 0.15) is 15.9 Å². The first kappa shape index (κ1) is 14.7. The van der Waals surface area contributed by atoms with Crippen LogP contribution in [-0.2, 0) is 4.74 Å². The molecule has 8 heteroatoms. The van der Waals surface area contributed by atoms with Gasteiger partial charge in [-0.2, -0.15) is 18.4 Å². The van der Waals surface area contributed by atoms with Crippen molar-refractivity contribution in [2.75, 3.05) is 7.11 Å². The number of hydrogen-bond acceptors (Lipinski definition) is 4. The number of carbonyl (C=O) groups is 1. The number of hydrogen-bond donors (Lipinski definition) is 0. The number of rotatable bonds is 2. The summed E-state index contributed by atoms with van der Waals surface area (Å²) in [6.45, 7) is 0. The predicted molar refractivity (Wildman–Crippen MR) is 59.4 cm³/mol. The van der Waals surface area contributed by atoms with Gasteiger partial charge in [-0.1, -0.05) is 11.6 Å². The number of nitriles is 1. The Balaban J connectivity index is 3.33. The van der Waals surface area contributed by atoms with Crippen molar-refractivity contribution in [2.24, 2.45) is 0 Å². The first-order chi connectivity index (χ1) is 8.28. The molecule has 1 rings (SSSR count). The molecule has 0 unspecified atom stereocenters. The van der Waals surface area contributed by atoms with Crippen molar-refractivity contribution in [1.82, 2.24) is 0 Å². The molecular formula is C10H5ClF3NO2S. The number of carbonyl (C=O) groups excluding carboxylic acids is 1. The smallest absolute Gasteiger partial charge is 0.446 e. The highest BCUT2D eigenvalue weighted by Gasteiger charge is 2.31. The second-order valence-electron chi connectivity index (χ2n) is 2.99. The van der Waals surface area contributed by atoms with Crippen LogP contribution in [0.4, 0.5) is 13.2 Å². The maximum absolute atomic E-state index is 12.3. The van der Waals surface area contributed by atoms with Gasteiger partial charge in [0.15, 0.2) is 0 Å². The zero-order chi connectivity index (χ0) is 13.9. The number of halogens is 4. The van der Waals surface area contributed by atoms with Crippen LogP contribution in [0.15, 0.2) is 17.0 Å². The van der Waals surface area contributed by atoms with Crippen molar-refractivity contribution < 1.29 is 22.7 Å². The number of ether oxygens (including phenoxy) is 1. The van der Waals surface area contributed by atoms with E-state index in [1.807, 2.05) is 0 Å². The molecule has 0 radical (unpaired) electrons. The van der Waals surface area contributed by atoms with Crippen LogP contribution < -0.4 is 0 Å². The molecule has 0 saturated heterocycles. The van der Waals surface area contributed by atoms with E-state index >= 15 is 0 Å². The Morgan fingerprint density at radius 2 is 2.11 bits per heavy atom. The Labute approximate surface area is 109 Å². The minimum Gasteiger partial charge on any atom is -0.465 e. The van der Waals surface area contributed by atoms with E-state index in [1.165, 1.54) is 0 Å². The van der Waals surface area contributed by atoms with Gasteiger partial charge in [-0.3, -0.25) is 0 Å². The summed E-state index contributed by atoms with van der Waals surface area (Å²) in [4.78, 5) is 10.8. The minimum atomic E-state index is -4.56. The van der Waals surface area contributed by atoms with Crippen LogP contribution in [0.3, 0.4) is 0 Å². The number of alkyl halides is 3. The standard InChI is InChI=1S/C10H5ClF3NO2S/c1-17-9(16)5-2-6(4-15)8(11)7(3-5)18-10(12,13)14/h2-3H,1H3. The van der Waals surface area contributed by atoms with Crippen molar-refractivity contribution >= 4 is 29.3 Å². The number of benzene rings is 1. The molecule has 0 aliphatic rings. The highest BCUT2D eigenvalue weighted by atomic mass is 35.5. The minimum absolute atomic E-state index is 0.162. The Morgan fingerprint density at radius 1 is 1.50 bits per heavy atom. The van der Waals surface area contributed by atoms with Crippen molar-refractivity contribution in [1.29, 1.82) is 5.26 Å². The van der Waals surface area contributed by atoms with Crippen LogP contribution in [-0.4, -0.2) is 18.6 Å². The van der Waals surface area contributed by atoms with Crippen molar-refractivity contribution in [3.05, 3.63) is 28.3 Å². The zero-order valence-corrected chi connectivity index (χ0v) is 10.4. The van der Waals surface area contributed by atoms with Crippen molar-refractivity contribution in [3.63, 3.8) is 0 Å². The third kappa shape index (κ3) is 3.55. The first-order valence-corrected chi connectivity index (χ1v) is 5.55. The SMILES string of the molecule is COC(=O)c1cc(C#N)c(Cl)c(SC(F)(F)F)c1. The van der Waals surface area contributed by atoms with E-state index in [0.717, 1.165) is 19.2 Å². The second kappa shape index (κ2) is 5.50. The van der Waals surface area contributed by atoms with Gasteiger partial charge in [-0.25, -0.2) is 4.79 Å². The fourth-order valence-electron chi connectivity index (χ4n) is 1.11. The average Bonchev–Trinajstić information content (AvgIpc) is 2.29. The average molecular weight is 296 g/mol. The van der Waals surface area contributed by atoms with Gasteiger partial charge >= 0.3 is 11.5 Å². The zero-order valence-electron chi connectivity index (χ0n) is 8.84. The van der Waals surface area contributed by atoms with Gasteiger partial charge < -0.3 is 4.74 Å². The number of methoxy groups -OCH3 is 1. The summed E-state index contributed by atoms with van der Waals surface area (Å²) in [7, 11) is 1.08. The Hall–Kier alpha value is -1.39. The molecule has 0 atom stereocenters. The summed E-state index contributed by atoms with van der Waals surface area (Å²) in [5.74, 6) is -0.841. The van der Waals surface area contributed by atoms with Gasteiger partial charge in [0.05, 0.1) is 23.3 Å². The second-order valence-corrected chi connectivity index (χ2v) is 4.47. The van der Waals surface area contributed by atoms with Gasteiger partial charge in [0.2, 0.25) is 0 Å². The summed E-state index contributed by atoms with van der Waals surface area (Å²) in [5.41, 5.74) is -4.94. The van der Waals surface area contributed by atoms with Crippen LogP contribution >= 0.6 is 23.4 Å². The molecular weight excluding hydrogens is 291 g/mol. The lowest BCUT2D eigenvalue weighted by molar-refractivity contribution is -0.0328. The first-order valence-electron chi connectivity index (χ1n) is 4.36. The van der Waals surface area contributed by atoms with Crippen molar-refractivity contribution in [2.45, 2.75) is 10.4 Å². The summed E-state index contributed by atoms with van der Waals surface area (Å²) in [5, 5.41) is 8.40. The molecule has 0 N–H and O–H groups in total. The van der Waals surface area contributed by atoms with E-state index in [9.17, 15) is 18.0 Å². The number of nitrogens with zero attached hydrogens (tertiary/aromatic N) is 1. The Morgan fingerprint density at radius 3 is 2.56 bits per heavy atom. The fourth-order valence-corrected chi connectivity index (χ4v) is 2.02. The van der Waals surface area contributed by atoms with E-state index in [2.05, 4.69) is 4.74 Å². The molecule has 1 aromatic rings. The molecule has 0 bridgehead atoms. The monoisotopic (exact) mass is 295 g/mol. The van der Waals surface area contributed by atoms with Gasteiger partial charge in [0.1, 0.15) is 6.07 Å². The normalized spacial score (nSPS) is 10.9. The Bertz CT molecular complexity index is 525. The molecule has 0 aliphatic heterocycles. The van der Waals surface area contributed by atoms with E-state index in [-0.39, 0.29) is 16.1 Å². The molecule has 0 saturated carbocycles. The van der Waals surface area contributed by atoms with Gasteiger partial charge in [0.25, 0.3) is 0 Å². The molecule has 96 valence electrons. The molecule has 0 aromatic heterocycles. The van der Waals surface area contributed by atoms with Gasteiger partial charge in [-0.15, -0.1) is 0 Å². The molecule has 0 aliphatic carbocycles. The fraction of sp³-hybridized carbons (Fsp3) is 0.200. The molecule has 0 amide bonds.